The van der Waals surface area contributed by atoms with Gasteiger partial charge in [0.1, 0.15) is 17.9 Å². The Kier molecular flexibility index (Phi) is 3.82. The number of rotatable bonds is 4. The van der Waals surface area contributed by atoms with E-state index in [1.165, 1.54) is 10.9 Å². The van der Waals surface area contributed by atoms with E-state index >= 15 is 0 Å². The molecule has 1 aliphatic carbocycles. The smallest absolute Gasteiger partial charge is 0.309 e. The Labute approximate surface area is 111 Å². The normalized spacial score (nSPS) is 17.4. The van der Waals surface area contributed by atoms with E-state index in [0.717, 1.165) is 25.7 Å². The van der Waals surface area contributed by atoms with Gasteiger partial charge in [-0.2, -0.15) is 5.10 Å². The largest absolute Gasteiger partial charge is 0.352 e. The van der Waals surface area contributed by atoms with Crippen molar-refractivity contribution in [2.24, 2.45) is 0 Å². The lowest BCUT2D eigenvalue weighted by Gasteiger charge is -2.17. The second kappa shape index (κ2) is 5.38. The highest BCUT2D eigenvalue weighted by molar-refractivity contribution is 5.80. The summed E-state index contributed by atoms with van der Waals surface area (Å²) < 4.78 is 1.41. The number of hydrogen-bond donors (Lipinski definition) is 1. The monoisotopic (exact) mass is 266 g/mol. The predicted molar refractivity (Wildman–Crippen MR) is 68.7 cm³/mol. The van der Waals surface area contributed by atoms with Crippen LogP contribution in [0.2, 0.25) is 0 Å². The molecule has 0 aliphatic heterocycles. The standard InChI is InChI=1S/C12H18N4O3/c1-8-11(16(18)19)7-13-15(8)9(2)12(17)14-10-5-3-4-6-10/h7,9-10H,3-6H2,1-2H3,(H,14,17). The fourth-order valence-corrected chi connectivity index (χ4v) is 2.49. The van der Waals surface area contributed by atoms with Crippen LogP contribution in [0, 0.1) is 17.0 Å². The maximum absolute atomic E-state index is 12.1. The second-order valence-electron chi connectivity index (χ2n) is 4.98. The summed E-state index contributed by atoms with van der Waals surface area (Å²) in [5, 5.41) is 17.7. The Morgan fingerprint density at radius 1 is 1.58 bits per heavy atom. The van der Waals surface area contributed by atoms with E-state index in [-0.39, 0.29) is 17.6 Å². The molecule has 1 aromatic heterocycles. The summed E-state index contributed by atoms with van der Waals surface area (Å²) >= 11 is 0. The van der Waals surface area contributed by atoms with Gasteiger partial charge in [0.25, 0.3) is 0 Å². The van der Waals surface area contributed by atoms with Crippen LogP contribution in [0.3, 0.4) is 0 Å². The van der Waals surface area contributed by atoms with Crippen LogP contribution < -0.4 is 5.32 Å². The van der Waals surface area contributed by atoms with Crippen LogP contribution in [0.1, 0.15) is 44.3 Å². The minimum atomic E-state index is -0.533. The van der Waals surface area contributed by atoms with Gasteiger partial charge < -0.3 is 5.32 Å². The molecule has 0 spiro atoms. The molecule has 1 heterocycles. The highest BCUT2D eigenvalue weighted by atomic mass is 16.6. The zero-order valence-corrected chi connectivity index (χ0v) is 11.1. The molecule has 0 saturated heterocycles. The number of nitrogens with one attached hydrogen (secondary N) is 1. The van der Waals surface area contributed by atoms with Gasteiger partial charge in [-0.05, 0) is 26.7 Å². The van der Waals surface area contributed by atoms with E-state index in [4.69, 9.17) is 0 Å². The minimum absolute atomic E-state index is 0.0551. The van der Waals surface area contributed by atoms with Gasteiger partial charge in [0.2, 0.25) is 5.91 Å². The van der Waals surface area contributed by atoms with Gasteiger partial charge in [0.05, 0.1) is 4.92 Å². The molecule has 7 heteroatoms. The molecule has 1 fully saturated rings. The predicted octanol–water partition coefficient (Wildman–Crippen LogP) is 1.72. The summed E-state index contributed by atoms with van der Waals surface area (Å²) in [5.74, 6) is -0.131. The topological polar surface area (TPSA) is 90.1 Å². The Balaban J connectivity index is 2.08. The Bertz CT molecular complexity index is 491. The first-order chi connectivity index (χ1) is 9.00. The van der Waals surface area contributed by atoms with Gasteiger partial charge >= 0.3 is 5.69 Å². The highest BCUT2D eigenvalue weighted by Gasteiger charge is 2.26. The molecular formula is C12H18N4O3. The van der Waals surface area contributed by atoms with Gasteiger partial charge in [-0.25, -0.2) is 0 Å². The fraction of sp³-hybridized carbons (Fsp3) is 0.667. The van der Waals surface area contributed by atoms with Crippen LogP contribution >= 0.6 is 0 Å². The molecular weight excluding hydrogens is 248 g/mol. The molecule has 0 radical (unpaired) electrons. The average Bonchev–Trinajstić information content (AvgIpc) is 2.97. The molecule has 7 nitrogen and oxygen atoms in total. The summed E-state index contributed by atoms with van der Waals surface area (Å²) in [5.41, 5.74) is 0.347. The van der Waals surface area contributed by atoms with Crippen molar-refractivity contribution >= 4 is 11.6 Å². The molecule has 1 aromatic rings. The van der Waals surface area contributed by atoms with Crippen LogP contribution in [0.4, 0.5) is 5.69 Å². The Morgan fingerprint density at radius 3 is 2.74 bits per heavy atom. The van der Waals surface area contributed by atoms with Gasteiger partial charge in [0.15, 0.2) is 0 Å². The van der Waals surface area contributed by atoms with Crippen molar-refractivity contribution in [3.8, 4) is 0 Å². The van der Waals surface area contributed by atoms with Crippen molar-refractivity contribution in [1.29, 1.82) is 0 Å². The average molecular weight is 266 g/mol. The summed E-state index contributed by atoms with van der Waals surface area (Å²) in [6.45, 7) is 3.30. The van der Waals surface area contributed by atoms with E-state index in [0.29, 0.717) is 5.69 Å². The molecule has 1 saturated carbocycles. The van der Waals surface area contributed by atoms with E-state index in [1.54, 1.807) is 13.8 Å². The zero-order valence-electron chi connectivity index (χ0n) is 11.1. The molecule has 1 atom stereocenters. The Morgan fingerprint density at radius 2 is 2.21 bits per heavy atom. The van der Waals surface area contributed by atoms with Crippen LogP contribution in [-0.2, 0) is 4.79 Å². The number of aromatic nitrogens is 2. The van der Waals surface area contributed by atoms with Gasteiger partial charge in [-0.15, -0.1) is 0 Å². The van der Waals surface area contributed by atoms with Crippen LogP contribution in [0.25, 0.3) is 0 Å². The van der Waals surface area contributed by atoms with Crippen molar-refractivity contribution in [2.75, 3.05) is 0 Å². The number of amides is 1. The molecule has 1 unspecified atom stereocenters. The first kappa shape index (κ1) is 13.5. The van der Waals surface area contributed by atoms with Crippen LogP contribution in [0.5, 0.6) is 0 Å². The molecule has 1 aliphatic rings. The number of nitro groups is 1. The van der Waals surface area contributed by atoms with E-state index in [2.05, 4.69) is 10.4 Å². The first-order valence-corrected chi connectivity index (χ1v) is 6.49. The third-order valence-corrected chi connectivity index (χ3v) is 3.66. The lowest BCUT2D eigenvalue weighted by Crippen LogP contribution is -2.37. The quantitative estimate of drug-likeness (QED) is 0.663. The second-order valence-corrected chi connectivity index (χ2v) is 4.98. The van der Waals surface area contributed by atoms with Crippen molar-refractivity contribution in [2.45, 2.75) is 51.6 Å². The summed E-state index contributed by atoms with van der Waals surface area (Å²) in [6, 6.07) is -0.296. The van der Waals surface area contributed by atoms with Gasteiger partial charge in [0, 0.05) is 6.04 Å². The van der Waals surface area contributed by atoms with Crippen molar-refractivity contribution < 1.29 is 9.72 Å². The maximum Gasteiger partial charge on any atom is 0.309 e. The van der Waals surface area contributed by atoms with Gasteiger partial charge in [-0.1, -0.05) is 12.8 Å². The SMILES string of the molecule is Cc1c([N+](=O)[O-])cnn1C(C)C(=O)NC1CCCC1. The van der Waals surface area contributed by atoms with Crippen LogP contribution in [-0.4, -0.2) is 26.7 Å². The zero-order chi connectivity index (χ0) is 14.0. The summed E-state index contributed by atoms with van der Waals surface area (Å²) in [6.07, 6.45) is 5.50. The number of hydrogen-bond acceptors (Lipinski definition) is 4. The minimum Gasteiger partial charge on any atom is -0.352 e. The molecule has 1 amide bonds. The maximum atomic E-state index is 12.1. The number of carbonyl (C=O) groups is 1. The molecule has 19 heavy (non-hydrogen) atoms. The number of nitrogens with zero attached hydrogens (tertiary/aromatic N) is 3. The third kappa shape index (κ3) is 2.74. The highest BCUT2D eigenvalue weighted by Crippen LogP contribution is 2.21. The Hall–Kier alpha value is -1.92. The molecule has 104 valence electrons. The van der Waals surface area contributed by atoms with E-state index in [9.17, 15) is 14.9 Å². The molecule has 0 bridgehead atoms. The molecule has 2 rings (SSSR count). The van der Waals surface area contributed by atoms with E-state index < -0.39 is 11.0 Å². The lowest BCUT2D eigenvalue weighted by atomic mass is 10.2. The number of carbonyl (C=O) groups excluding carboxylic acids is 1. The lowest BCUT2D eigenvalue weighted by molar-refractivity contribution is -0.385. The van der Waals surface area contributed by atoms with Gasteiger partial charge in [-0.3, -0.25) is 19.6 Å². The summed E-state index contributed by atoms with van der Waals surface area (Å²) in [7, 11) is 0. The van der Waals surface area contributed by atoms with Crippen LogP contribution in [0.15, 0.2) is 6.20 Å². The van der Waals surface area contributed by atoms with E-state index in [1.807, 2.05) is 0 Å². The molecule has 0 aromatic carbocycles. The van der Waals surface area contributed by atoms with Crippen molar-refractivity contribution in [3.63, 3.8) is 0 Å². The molecule has 1 N–H and O–H groups in total. The third-order valence-electron chi connectivity index (χ3n) is 3.66. The van der Waals surface area contributed by atoms with Crippen molar-refractivity contribution in [3.05, 3.63) is 22.0 Å². The van der Waals surface area contributed by atoms with Crippen molar-refractivity contribution in [1.82, 2.24) is 15.1 Å². The first-order valence-electron chi connectivity index (χ1n) is 6.49. The summed E-state index contributed by atoms with van der Waals surface area (Å²) in [4.78, 5) is 22.4. The fourth-order valence-electron chi connectivity index (χ4n) is 2.49.